The molecule has 2 nitrogen and oxygen atoms in total. The van der Waals surface area contributed by atoms with Crippen molar-refractivity contribution in [3.05, 3.63) is 109 Å². The molecule has 0 aliphatic rings. The standard InChI is InChI=1S/C24H23NO/c1-3-23(20-13-7-4-8-14-20)19(2)24(26)25(21-15-9-5-10-16-21)22-17-11-6-12-18-22/h3-19,23H,1H2,2H3. The fourth-order valence-corrected chi connectivity index (χ4v) is 3.22. The molecular weight excluding hydrogens is 318 g/mol. The molecule has 0 fully saturated rings. The van der Waals surface area contributed by atoms with Crippen LogP contribution in [0.3, 0.4) is 0 Å². The molecule has 2 unspecified atom stereocenters. The van der Waals surface area contributed by atoms with Gasteiger partial charge in [-0.15, -0.1) is 6.58 Å². The van der Waals surface area contributed by atoms with Crippen LogP contribution in [0.2, 0.25) is 0 Å². The van der Waals surface area contributed by atoms with Gasteiger partial charge in [-0.2, -0.15) is 0 Å². The fraction of sp³-hybridized carbons (Fsp3) is 0.125. The van der Waals surface area contributed by atoms with Crippen LogP contribution in [0.5, 0.6) is 0 Å². The molecule has 130 valence electrons. The van der Waals surface area contributed by atoms with Crippen molar-refractivity contribution < 1.29 is 4.79 Å². The predicted molar refractivity (Wildman–Crippen MR) is 109 cm³/mol. The molecule has 3 rings (SSSR count). The molecule has 0 saturated heterocycles. The zero-order chi connectivity index (χ0) is 18.4. The first-order chi connectivity index (χ1) is 12.7. The highest BCUT2D eigenvalue weighted by Gasteiger charge is 2.29. The Morgan fingerprint density at radius 1 is 0.808 bits per heavy atom. The molecule has 2 heteroatoms. The van der Waals surface area contributed by atoms with Gasteiger partial charge >= 0.3 is 0 Å². The second kappa shape index (κ2) is 8.30. The lowest BCUT2D eigenvalue weighted by Crippen LogP contribution is -2.33. The lowest BCUT2D eigenvalue weighted by molar-refractivity contribution is -0.121. The Morgan fingerprint density at radius 2 is 1.23 bits per heavy atom. The molecule has 0 saturated carbocycles. The smallest absolute Gasteiger partial charge is 0.235 e. The number of hydrogen-bond donors (Lipinski definition) is 0. The summed E-state index contributed by atoms with van der Waals surface area (Å²) in [7, 11) is 0. The molecular formula is C24H23NO. The average Bonchev–Trinajstić information content (AvgIpc) is 2.71. The van der Waals surface area contributed by atoms with Crippen molar-refractivity contribution in [1.29, 1.82) is 0 Å². The van der Waals surface area contributed by atoms with Gasteiger partial charge in [0.05, 0.1) is 0 Å². The summed E-state index contributed by atoms with van der Waals surface area (Å²) < 4.78 is 0. The van der Waals surface area contributed by atoms with Gasteiger partial charge in [-0.05, 0) is 29.8 Å². The Hall–Kier alpha value is -3.13. The van der Waals surface area contributed by atoms with Crippen LogP contribution in [-0.2, 0) is 4.79 Å². The SMILES string of the molecule is C=CC(c1ccccc1)C(C)C(=O)N(c1ccccc1)c1ccccc1. The van der Waals surface area contributed by atoms with E-state index in [9.17, 15) is 4.79 Å². The summed E-state index contributed by atoms with van der Waals surface area (Å²) >= 11 is 0. The summed E-state index contributed by atoms with van der Waals surface area (Å²) in [5.74, 6) is -0.231. The van der Waals surface area contributed by atoms with E-state index in [0.29, 0.717) is 0 Å². The summed E-state index contributed by atoms with van der Waals surface area (Å²) in [5, 5.41) is 0. The number of amides is 1. The van der Waals surface area contributed by atoms with E-state index in [2.05, 4.69) is 6.58 Å². The Labute approximate surface area is 155 Å². The molecule has 0 aliphatic heterocycles. The summed E-state index contributed by atoms with van der Waals surface area (Å²) in [5.41, 5.74) is 2.84. The van der Waals surface area contributed by atoms with E-state index in [-0.39, 0.29) is 17.7 Å². The monoisotopic (exact) mass is 341 g/mol. The van der Waals surface area contributed by atoms with E-state index >= 15 is 0 Å². The number of carbonyl (C=O) groups excluding carboxylic acids is 1. The molecule has 0 bridgehead atoms. The van der Waals surface area contributed by atoms with Gasteiger partial charge in [-0.3, -0.25) is 9.69 Å². The van der Waals surface area contributed by atoms with Crippen LogP contribution < -0.4 is 4.90 Å². The lowest BCUT2D eigenvalue weighted by atomic mass is 9.86. The van der Waals surface area contributed by atoms with Gasteiger partial charge in [0, 0.05) is 23.2 Å². The quantitative estimate of drug-likeness (QED) is 0.507. The van der Waals surface area contributed by atoms with E-state index in [0.717, 1.165) is 16.9 Å². The van der Waals surface area contributed by atoms with Crippen LogP contribution in [0, 0.1) is 5.92 Å². The second-order valence-electron chi connectivity index (χ2n) is 6.31. The van der Waals surface area contributed by atoms with Gasteiger partial charge in [-0.25, -0.2) is 0 Å². The normalized spacial score (nSPS) is 12.8. The van der Waals surface area contributed by atoms with Crippen molar-refractivity contribution in [1.82, 2.24) is 0 Å². The summed E-state index contributed by atoms with van der Waals surface area (Å²) in [6.45, 7) is 5.95. The first-order valence-electron chi connectivity index (χ1n) is 8.84. The first-order valence-corrected chi connectivity index (χ1v) is 8.84. The molecule has 2 atom stereocenters. The molecule has 0 radical (unpaired) electrons. The predicted octanol–water partition coefficient (Wildman–Crippen LogP) is 5.96. The van der Waals surface area contributed by atoms with E-state index in [1.54, 1.807) is 4.90 Å². The lowest BCUT2D eigenvalue weighted by Gasteiger charge is -2.29. The van der Waals surface area contributed by atoms with Crippen molar-refractivity contribution in [2.45, 2.75) is 12.8 Å². The fourth-order valence-electron chi connectivity index (χ4n) is 3.22. The van der Waals surface area contributed by atoms with Crippen LogP contribution in [0.15, 0.2) is 104 Å². The Morgan fingerprint density at radius 3 is 1.65 bits per heavy atom. The average molecular weight is 341 g/mol. The third-order valence-corrected chi connectivity index (χ3v) is 4.62. The van der Waals surface area contributed by atoms with Crippen LogP contribution in [-0.4, -0.2) is 5.91 Å². The molecule has 0 aromatic heterocycles. The summed E-state index contributed by atoms with van der Waals surface area (Å²) in [6.07, 6.45) is 1.87. The van der Waals surface area contributed by atoms with Crippen molar-refractivity contribution in [3.8, 4) is 0 Å². The van der Waals surface area contributed by atoms with Crippen molar-refractivity contribution in [2.75, 3.05) is 4.90 Å². The summed E-state index contributed by atoms with van der Waals surface area (Å²) in [6, 6.07) is 29.6. The number of carbonyl (C=O) groups is 1. The second-order valence-corrected chi connectivity index (χ2v) is 6.31. The van der Waals surface area contributed by atoms with E-state index in [1.165, 1.54) is 0 Å². The van der Waals surface area contributed by atoms with E-state index in [1.807, 2.05) is 104 Å². The number of para-hydroxylation sites is 2. The van der Waals surface area contributed by atoms with Gasteiger partial charge in [0.15, 0.2) is 0 Å². The molecule has 3 aromatic carbocycles. The highest BCUT2D eigenvalue weighted by molar-refractivity contribution is 6.02. The van der Waals surface area contributed by atoms with Gasteiger partial charge in [0.2, 0.25) is 5.91 Å². The van der Waals surface area contributed by atoms with E-state index in [4.69, 9.17) is 0 Å². The molecule has 0 aliphatic carbocycles. The number of anilines is 2. The summed E-state index contributed by atoms with van der Waals surface area (Å²) in [4.78, 5) is 15.3. The van der Waals surface area contributed by atoms with Gasteiger partial charge < -0.3 is 0 Å². The van der Waals surface area contributed by atoms with Crippen LogP contribution in [0.1, 0.15) is 18.4 Å². The minimum absolute atomic E-state index is 0.0429. The first kappa shape index (κ1) is 17.7. The number of allylic oxidation sites excluding steroid dienone is 1. The minimum atomic E-state index is -0.240. The van der Waals surface area contributed by atoms with Crippen molar-refractivity contribution in [2.24, 2.45) is 5.92 Å². The highest BCUT2D eigenvalue weighted by Crippen LogP contribution is 2.32. The van der Waals surface area contributed by atoms with Crippen molar-refractivity contribution >= 4 is 17.3 Å². The van der Waals surface area contributed by atoms with Crippen molar-refractivity contribution in [3.63, 3.8) is 0 Å². The van der Waals surface area contributed by atoms with Gasteiger partial charge in [0.25, 0.3) is 0 Å². The minimum Gasteiger partial charge on any atom is -0.281 e. The van der Waals surface area contributed by atoms with Crippen LogP contribution >= 0.6 is 0 Å². The largest absolute Gasteiger partial charge is 0.281 e. The Balaban J connectivity index is 1.98. The maximum Gasteiger partial charge on any atom is 0.235 e. The molecule has 0 N–H and O–H groups in total. The maximum atomic E-state index is 13.5. The van der Waals surface area contributed by atoms with Crippen LogP contribution in [0.25, 0.3) is 0 Å². The molecule has 0 spiro atoms. The molecule has 0 heterocycles. The highest BCUT2D eigenvalue weighted by atomic mass is 16.2. The number of benzene rings is 3. The Kier molecular flexibility index (Phi) is 5.65. The maximum absolute atomic E-state index is 13.5. The third-order valence-electron chi connectivity index (χ3n) is 4.62. The van der Waals surface area contributed by atoms with Gasteiger partial charge in [-0.1, -0.05) is 79.7 Å². The molecule has 1 amide bonds. The zero-order valence-corrected chi connectivity index (χ0v) is 15.0. The number of rotatable bonds is 6. The molecule has 26 heavy (non-hydrogen) atoms. The molecule has 3 aromatic rings. The topological polar surface area (TPSA) is 20.3 Å². The van der Waals surface area contributed by atoms with Gasteiger partial charge in [0.1, 0.15) is 0 Å². The zero-order valence-electron chi connectivity index (χ0n) is 15.0. The van der Waals surface area contributed by atoms with Crippen LogP contribution in [0.4, 0.5) is 11.4 Å². The third kappa shape index (κ3) is 3.75. The number of hydrogen-bond acceptors (Lipinski definition) is 1. The van der Waals surface area contributed by atoms with E-state index < -0.39 is 0 Å². The Bertz CT molecular complexity index is 804. The number of nitrogens with zero attached hydrogens (tertiary/aromatic N) is 1.